The summed E-state index contributed by atoms with van der Waals surface area (Å²) in [7, 11) is 0. The highest BCUT2D eigenvalue weighted by Crippen LogP contribution is 2.40. The van der Waals surface area contributed by atoms with E-state index in [-0.39, 0.29) is 35.6 Å². The van der Waals surface area contributed by atoms with Crippen LogP contribution >= 0.6 is 11.6 Å². The molecule has 8 heteroatoms. The van der Waals surface area contributed by atoms with Crippen LogP contribution in [0.4, 0.5) is 8.78 Å². The van der Waals surface area contributed by atoms with E-state index in [0.29, 0.717) is 43.2 Å². The van der Waals surface area contributed by atoms with Gasteiger partial charge in [0.25, 0.3) is 0 Å². The first-order valence-corrected chi connectivity index (χ1v) is 14.6. The number of carbonyl (C=O) groups is 2. The van der Waals surface area contributed by atoms with Gasteiger partial charge in [-0.05, 0) is 79.8 Å². The summed E-state index contributed by atoms with van der Waals surface area (Å²) in [5.74, 6) is -1.83. The number of likely N-dealkylation sites (tertiary alicyclic amines) is 2. The Hall–Kier alpha value is -2.93. The molecule has 40 heavy (non-hydrogen) atoms. The molecular weight excluding hydrogens is 532 g/mol. The molecule has 2 aromatic carbocycles. The molecule has 3 atom stereocenters. The number of nitrogens with zero attached hydrogens (tertiary/aromatic N) is 2. The first kappa shape index (κ1) is 30.0. The van der Waals surface area contributed by atoms with Gasteiger partial charge in [0.1, 0.15) is 11.6 Å². The van der Waals surface area contributed by atoms with Gasteiger partial charge in [0.2, 0.25) is 11.8 Å². The molecule has 2 aliphatic rings. The summed E-state index contributed by atoms with van der Waals surface area (Å²) in [4.78, 5) is 29.8. The molecule has 0 bridgehead atoms. The van der Waals surface area contributed by atoms with E-state index in [0.717, 1.165) is 42.2 Å². The zero-order chi connectivity index (χ0) is 29.1. The van der Waals surface area contributed by atoms with Crippen molar-refractivity contribution in [3.8, 4) is 0 Å². The number of amides is 2. The predicted octanol–water partition coefficient (Wildman–Crippen LogP) is 6.86. The second-order valence-corrected chi connectivity index (χ2v) is 11.7. The fraction of sp³-hybridized carbons (Fsp3) is 0.500. The van der Waals surface area contributed by atoms with E-state index in [4.69, 9.17) is 11.6 Å². The van der Waals surface area contributed by atoms with Crippen LogP contribution in [0.25, 0.3) is 0 Å². The molecule has 2 aromatic rings. The van der Waals surface area contributed by atoms with Gasteiger partial charge in [-0.15, -0.1) is 0 Å². The first-order valence-electron chi connectivity index (χ1n) is 14.2. The molecule has 0 aliphatic carbocycles. The third-order valence-corrected chi connectivity index (χ3v) is 9.01. The number of halogens is 3. The second-order valence-electron chi connectivity index (χ2n) is 11.3. The van der Waals surface area contributed by atoms with Crippen molar-refractivity contribution in [3.63, 3.8) is 0 Å². The van der Waals surface area contributed by atoms with Crippen molar-refractivity contribution in [3.05, 3.63) is 81.5 Å². The Morgan fingerprint density at radius 1 is 1.05 bits per heavy atom. The Labute approximate surface area is 241 Å². The Kier molecular flexibility index (Phi) is 9.55. The van der Waals surface area contributed by atoms with E-state index in [9.17, 15) is 18.4 Å². The van der Waals surface area contributed by atoms with E-state index >= 15 is 0 Å². The zero-order valence-corrected chi connectivity index (χ0v) is 24.7. The van der Waals surface area contributed by atoms with Gasteiger partial charge in [-0.25, -0.2) is 8.78 Å². The van der Waals surface area contributed by atoms with Crippen molar-refractivity contribution >= 4 is 23.4 Å². The van der Waals surface area contributed by atoms with Crippen LogP contribution in [0.1, 0.15) is 86.6 Å². The number of rotatable bonds is 7. The van der Waals surface area contributed by atoms with Crippen LogP contribution in [0.2, 0.25) is 5.02 Å². The van der Waals surface area contributed by atoms with Gasteiger partial charge in [0.05, 0.1) is 6.04 Å². The standard InChI is InChI=1S/C32H40ClF2N3O2/c1-6-31(36-21(5)39)27-17-29(33)20(4)15-26(27)22-9-12-37(13-10-22)32(40)25-11-14-38(19(2)3)18-28(25)24-8-7-23(34)16-30(24)35/h7-8,15-17,22,25,28,31H,2,6,9-14,18H2,1,3-5H3,(H,36,39)/t25-,28+,31-/m1/s1. The molecule has 2 fully saturated rings. The van der Waals surface area contributed by atoms with Crippen molar-refractivity contribution in [2.45, 2.75) is 71.3 Å². The minimum absolute atomic E-state index is 0.0331. The molecule has 2 saturated heterocycles. The number of hydrogen-bond donors (Lipinski definition) is 1. The van der Waals surface area contributed by atoms with Gasteiger partial charge >= 0.3 is 0 Å². The Morgan fingerprint density at radius 3 is 2.33 bits per heavy atom. The van der Waals surface area contributed by atoms with E-state index in [1.807, 2.05) is 31.7 Å². The highest BCUT2D eigenvalue weighted by molar-refractivity contribution is 6.31. The molecular formula is C32H40ClF2N3O2. The van der Waals surface area contributed by atoms with E-state index in [1.54, 1.807) is 0 Å². The number of benzene rings is 2. The van der Waals surface area contributed by atoms with E-state index in [1.165, 1.54) is 24.6 Å². The number of carbonyl (C=O) groups excluding carboxylic acids is 2. The van der Waals surface area contributed by atoms with Crippen LogP contribution in [-0.4, -0.2) is 47.8 Å². The molecule has 1 N–H and O–H groups in total. The summed E-state index contributed by atoms with van der Waals surface area (Å²) >= 11 is 6.50. The quantitative estimate of drug-likeness (QED) is 0.395. The normalized spacial score (nSPS) is 20.8. The second kappa shape index (κ2) is 12.7. The predicted molar refractivity (Wildman–Crippen MR) is 155 cm³/mol. The third kappa shape index (κ3) is 6.51. The van der Waals surface area contributed by atoms with E-state index < -0.39 is 11.6 Å². The first-order chi connectivity index (χ1) is 19.0. The van der Waals surface area contributed by atoms with Gasteiger partial charge in [0, 0.05) is 61.7 Å². The average molecular weight is 572 g/mol. The molecule has 2 aliphatic heterocycles. The smallest absolute Gasteiger partial charge is 0.226 e. The summed E-state index contributed by atoms with van der Waals surface area (Å²) in [6.45, 7) is 13.8. The van der Waals surface area contributed by atoms with E-state index in [2.05, 4.69) is 22.9 Å². The summed E-state index contributed by atoms with van der Waals surface area (Å²) in [6, 6.07) is 7.62. The number of piperidine rings is 2. The Morgan fingerprint density at radius 2 is 1.73 bits per heavy atom. The Balaban J connectivity index is 1.54. The van der Waals surface area contributed by atoms with Crippen molar-refractivity contribution in [2.75, 3.05) is 26.2 Å². The van der Waals surface area contributed by atoms with Crippen LogP contribution in [0.3, 0.4) is 0 Å². The lowest BCUT2D eigenvalue weighted by molar-refractivity contribution is -0.138. The van der Waals surface area contributed by atoms with Gasteiger partial charge < -0.3 is 15.1 Å². The van der Waals surface area contributed by atoms with Crippen molar-refractivity contribution in [1.82, 2.24) is 15.1 Å². The third-order valence-electron chi connectivity index (χ3n) is 8.60. The summed E-state index contributed by atoms with van der Waals surface area (Å²) < 4.78 is 28.6. The number of allylic oxidation sites excluding steroid dienone is 1. The maximum atomic E-state index is 14.9. The molecule has 216 valence electrons. The van der Waals surface area contributed by atoms with Crippen molar-refractivity contribution < 1.29 is 18.4 Å². The minimum atomic E-state index is -0.626. The van der Waals surface area contributed by atoms with Gasteiger partial charge in [-0.2, -0.15) is 0 Å². The van der Waals surface area contributed by atoms with Crippen molar-refractivity contribution in [2.24, 2.45) is 5.92 Å². The largest absolute Gasteiger partial charge is 0.375 e. The monoisotopic (exact) mass is 571 g/mol. The SMILES string of the molecule is C=C(C)N1CC[C@@H](C(=O)N2CCC(c3cc(C)c(Cl)cc3[C@@H](CC)NC(C)=O)CC2)[C@H](c2ccc(F)cc2F)C1. The van der Waals surface area contributed by atoms with Crippen LogP contribution in [0, 0.1) is 24.5 Å². The molecule has 0 aromatic heterocycles. The summed E-state index contributed by atoms with van der Waals surface area (Å²) in [6.07, 6.45) is 2.91. The highest BCUT2D eigenvalue weighted by atomic mass is 35.5. The summed E-state index contributed by atoms with van der Waals surface area (Å²) in [5.41, 5.74) is 4.46. The number of aryl methyl sites for hydroxylation is 1. The number of hydrogen-bond acceptors (Lipinski definition) is 3. The molecule has 4 rings (SSSR count). The summed E-state index contributed by atoms with van der Waals surface area (Å²) in [5, 5.41) is 3.73. The van der Waals surface area contributed by atoms with Gasteiger partial charge in [-0.3, -0.25) is 9.59 Å². The molecule has 5 nitrogen and oxygen atoms in total. The topological polar surface area (TPSA) is 52.7 Å². The zero-order valence-electron chi connectivity index (χ0n) is 23.9. The molecule has 2 amide bonds. The maximum Gasteiger partial charge on any atom is 0.226 e. The minimum Gasteiger partial charge on any atom is -0.375 e. The fourth-order valence-corrected chi connectivity index (χ4v) is 6.55. The van der Waals surface area contributed by atoms with Crippen LogP contribution < -0.4 is 5.32 Å². The average Bonchev–Trinajstić information content (AvgIpc) is 2.92. The highest BCUT2D eigenvalue weighted by Gasteiger charge is 2.39. The molecule has 2 heterocycles. The lowest BCUT2D eigenvalue weighted by Gasteiger charge is -2.42. The molecule has 0 spiro atoms. The van der Waals surface area contributed by atoms with Gasteiger partial charge in [0.15, 0.2) is 0 Å². The van der Waals surface area contributed by atoms with Gasteiger partial charge in [-0.1, -0.05) is 37.2 Å². The molecule has 0 radical (unpaired) electrons. The molecule has 0 unspecified atom stereocenters. The Bertz CT molecular complexity index is 1280. The van der Waals surface area contributed by atoms with Crippen LogP contribution in [-0.2, 0) is 9.59 Å². The number of nitrogens with one attached hydrogen (secondary N) is 1. The van der Waals surface area contributed by atoms with Crippen molar-refractivity contribution in [1.29, 1.82) is 0 Å². The fourth-order valence-electron chi connectivity index (χ4n) is 6.38. The lowest BCUT2D eigenvalue weighted by Crippen LogP contribution is -2.48. The maximum absolute atomic E-state index is 14.9. The van der Waals surface area contributed by atoms with Crippen LogP contribution in [0.5, 0.6) is 0 Å². The lowest BCUT2D eigenvalue weighted by atomic mass is 9.78. The van der Waals surface area contributed by atoms with Crippen LogP contribution in [0.15, 0.2) is 42.6 Å². The molecule has 0 saturated carbocycles.